The number of hydrogen-bond acceptors (Lipinski definition) is 5. The zero-order valence-corrected chi connectivity index (χ0v) is 10.2. The van der Waals surface area contributed by atoms with Crippen LogP contribution in [0.4, 0.5) is 4.39 Å². The molecule has 0 unspecified atom stereocenters. The molecule has 0 saturated carbocycles. The summed E-state index contributed by atoms with van der Waals surface area (Å²) in [6.07, 6.45) is 1.04. The number of carbonyl (C=O) groups excluding carboxylic acids is 1. The zero-order valence-electron chi connectivity index (χ0n) is 9.34. The van der Waals surface area contributed by atoms with Crippen LogP contribution in [0.3, 0.4) is 0 Å². The second-order valence-corrected chi connectivity index (χ2v) is 4.96. The van der Waals surface area contributed by atoms with Crippen molar-refractivity contribution in [2.75, 3.05) is 6.61 Å². The van der Waals surface area contributed by atoms with Crippen LogP contribution < -0.4 is 4.18 Å². The van der Waals surface area contributed by atoms with Crippen LogP contribution in [0.1, 0.15) is 12.5 Å². The van der Waals surface area contributed by atoms with Crippen LogP contribution in [0, 0.1) is 5.82 Å². The third kappa shape index (κ3) is 2.21. The summed E-state index contributed by atoms with van der Waals surface area (Å²) < 4.78 is 45.6. The van der Waals surface area contributed by atoms with Gasteiger partial charge in [0.2, 0.25) is 0 Å². The van der Waals surface area contributed by atoms with Gasteiger partial charge in [-0.3, -0.25) is 0 Å². The fourth-order valence-electron chi connectivity index (χ4n) is 1.45. The first-order valence-corrected chi connectivity index (χ1v) is 6.47. The molecule has 1 aromatic carbocycles. The lowest BCUT2D eigenvalue weighted by Crippen LogP contribution is -2.23. The summed E-state index contributed by atoms with van der Waals surface area (Å²) >= 11 is 0. The van der Waals surface area contributed by atoms with E-state index in [1.54, 1.807) is 6.92 Å². The van der Waals surface area contributed by atoms with Gasteiger partial charge in [-0.15, -0.1) is 0 Å². The minimum absolute atomic E-state index is 0.0237. The minimum Gasteiger partial charge on any atom is -0.462 e. The molecule has 0 radical (unpaired) electrons. The van der Waals surface area contributed by atoms with Crippen LogP contribution in [-0.4, -0.2) is 21.0 Å². The number of halogens is 1. The molecule has 0 fully saturated rings. The maximum atomic E-state index is 13.0. The topological polar surface area (TPSA) is 69.7 Å². The molecule has 0 bridgehead atoms. The van der Waals surface area contributed by atoms with Crippen molar-refractivity contribution in [2.24, 2.45) is 0 Å². The molecular weight excluding hydrogens is 263 g/mol. The molecule has 1 heterocycles. The molecule has 2 rings (SSSR count). The average molecular weight is 272 g/mol. The van der Waals surface area contributed by atoms with Crippen LogP contribution in [0.5, 0.6) is 5.75 Å². The number of ether oxygens (including phenoxy) is 1. The highest BCUT2D eigenvalue weighted by Crippen LogP contribution is 2.31. The monoisotopic (exact) mass is 272 g/mol. The fourth-order valence-corrected chi connectivity index (χ4v) is 2.46. The molecule has 1 aliphatic rings. The SMILES string of the molecule is CCOC(=O)C1=Cc2cc(F)ccc2OS1(=O)=O. The molecule has 0 aliphatic carbocycles. The highest BCUT2D eigenvalue weighted by Gasteiger charge is 2.33. The van der Waals surface area contributed by atoms with E-state index in [1.165, 1.54) is 6.07 Å². The summed E-state index contributed by atoms with van der Waals surface area (Å²) in [5.41, 5.74) is 0.174. The average Bonchev–Trinajstić information content (AvgIpc) is 2.28. The second kappa shape index (κ2) is 4.41. The Morgan fingerprint density at radius 1 is 1.44 bits per heavy atom. The second-order valence-electron chi connectivity index (χ2n) is 3.45. The van der Waals surface area contributed by atoms with Gasteiger partial charge in [-0.25, -0.2) is 9.18 Å². The number of fused-ring (bicyclic) bond motifs is 1. The smallest absolute Gasteiger partial charge is 0.353 e. The molecule has 0 spiro atoms. The van der Waals surface area contributed by atoms with Crippen LogP contribution in [-0.2, 0) is 19.6 Å². The van der Waals surface area contributed by atoms with Gasteiger partial charge in [0.15, 0.2) is 4.91 Å². The van der Waals surface area contributed by atoms with Gasteiger partial charge in [0, 0.05) is 5.56 Å². The Hall–Kier alpha value is -1.89. The van der Waals surface area contributed by atoms with Crippen molar-refractivity contribution in [3.8, 4) is 5.75 Å². The lowest BCUT2D eigenvalue weighted by atomic mass is 10.2. The minimum atomic E-state index is -4.21. The van der Waals surface area contributed by atoms with Gasteiger partial charge in [-0.1, -0.05) is 0 Å². The third-order valence-electron chi connectivity index (χ3n) is 2.20. The molecule has 18 heavy (non-hydrogen) atoms. The van der Waals surface area contributed by atoms with Crippen molar-refractivity contribution in [3.63, 3.8) is 0 Å². The zero-order chi connectivity index (χ0) is 13.3. The van der Waals surface area contributed by atoms with Gasteiger partial charge in [0.1, 0.15) is 11.6 Å². The Morgan fingerprint density at radius 2 is 2.17 bits per heavy atom. The number of hydrogen-bond donors (Lipinski definition) is 0. The largest absolute Gasteiger partial charge is 0.462 e. The molecule has 0 N–H and O–H groups in total. The molecule has 7 heteroatoms. The lowest BCUT2D eigenvalue weighted by molar-refractivity contribution is -0.137. The van der Waals surface area contributed by atoms with Gasteiger partial charge in [0.05, 0.1) is 6.61 Å². The predicted molar refractivity (Wildman–Crippen MR) is 60.6 cm³/mol. The summed E-state index contributed by atoms with van der Waals surface area (Å²) in [7, 11) is -4.21. The van der Waals surface area contributed by atoms with E-state index in [9.17, 15) is 17.6 Å². The van der Waals surface area contributed by atoms with Crippen molar-refractivity contribution in [2.45, 2.75) is 6.92 Å². The van der Waals surface area contributed by atoms with Crippen LogP contribution >= 0.6 is 0 Å². The van der Waals surface area contributed by atoms with Crippen molar-refractivity contribution in [3.05, 3.63) is 34.5 Å². The number of carbonyl (C=O) groups is 1. The molecule has 0 amide bonds. The molecular formula is C11H9FO5S. The third-order valence-corrected chi connectivity index (χ3v) is 3.43. The van der Waals surface area contributed by atoms with E-state index < -0.39 is 26.8 Å². The summed E-state index contributed by atoms with van der Waals surface area (Å²) in [5, 5.41) is 0. The van der Waals surface area contributed by atoms with Crippen molar-refractivity contribution in [1.29, 1.82) is 0 Å². The lowest BCUT2D eigenvalue weighted by Gasteiger charge is -2.16. The summed E-state index contributed by atoms with van der Waals surface area (Å²) in [4.78, 5) is 10.8. The Balaban J connectivity index is 2.54. The van der Waals surface area contributed by atoms with Gasteiger partial charge < -0.3 is 8.92 Å². The van der Waals surface area contributed by atoms with Crippen molar-refractivity contribution in [1.82, 2.24) is 0 Å². The van der Waals surface area contributed by atoms with E-state index in [-0.39, 0.29) is 17.9 Å². The molecule has 0 atom stereocenters. The Morgan fingerprint density at radius 3 is 2.83 bits per heavy atom. The Bertz CT molecular complexity index is 633. The quantitative estimate of drug-likeness (QED) is 0.602. The number of rotatable bonds is 2. The van der Waals surface area contributed by atoms with Gasteiger partial charge in [-0.05, 0) is 31.2 Å². The molecule has 96 valence electrons. The molecule has 1 aromatic rings. The highest BCUT2D eigenvalue weighted by atomic mass is 32.2. The maximum absolute atomic E-state index is 13.0. The summed E-state index contributed by atoms with van der Waals surface area (Å²) in [6.45, 7) is 1.57. The first-order chi connectivity index (χ1) is 8.44. The first-order valence-electron chi connectivity index (χ1n) is 5.07. The fraction of sp³-hybridized carbons (Fsp3) is 0.182. The number of benzene rings is 1. The van der Waals surface area contributed by atoms with E-state index in [4.69, 9.17) is 4.18 Å². The Labute approximate surface area is 103 Å². The normalized spacial score (nSPS) is 16.2. The summed E-state index contributed by atoms with van der Waals surface area (Å²) in [5.74, 6) is -1.60. The molecule has 0 saturated heterocycles. The van der Waals surface area contributed by atoms with Gasteiger partial charge >= 0.3 is 16.1 Å². The first kappa shape index (κ1) is 12.6. The van der Waals surface area contributed by atoms with Crippen molar-refractivity contribution >= 4 is 22.2 Å². The van der Waals surface area contributed by atoms with Crippen LogP contribution in [0.2, 0.25) is 0 Å². The maximum Gasteiger partial charge on any atom is 0.353 e. The van der Waals surface area contributed by atoms with E-state index in [2.05, 4.69) is 4.74 Å². The highest BCUT2D eigenvalue weighted by molar-refractivity contribution is 7.92. The summed E-state index contributed by atoms with van der Waals surface area (Å²) in [6, 6.07) is 3.32. The van der Waals surface area contributed by atoms with Gasteiger partial charge in [-0.2, -0.15) is 8.42 Å². The van der Waals surface area contributed by atoms with E-state index in [0.717, 1.165) is 18.2 Å². The standard InChI is InChI=1S/C11H9FO5S/c1-2-16-11(13)10-6-7-5-8(12)3-4-9(7)17-18(10,14)15/h3-6H,2H2,1H3. The van der Waals surface area contributed by atoms with Crippen LogP contribution in [0.15, 0.2) is 23.1 Å². The predicted octanol–water partition coefficient (Wildman–Crippen LogP) is 1.45. The molecule has 1 aliphatic heterocycles. The molecule has 5 nitrogen and oxygen atoms in total. The van der Waals surface area contributed by atoms with Crippen LogP contribution in [0.25, 0.3) is 6.08 Å². The van der Waals surface area contributed by atoms with E-state index >= 15 is 0 Å². The van der Waals surface area contributed by atoms with Crippen molar-refractivity contribution < 1.29 is 26.5 Å². The molecule has 0 aromatic heterocycles. The Kier molecular flexibility index (Phi) is 3.08. The van der Waals surface area contributed by atoms with Gasteiger partial charge in [0.25, 0.3) is 0 Å². The van der Waals surface area contributed by atoms with E-state index in [1.807, 2.05) is 0 Å². The number of esters is 1. The van der Waals surface area contributed by atoms with E-state index in [0.29, 0.717) is 0 Å².